The minimum Gasteiger partial charge on any atom is -0.385 e. The Morgan fingerprint density at radius 2 is 1.95 bits per heavy atom. The van der Waals surface area contributed by atoms with E-state index in [4.69, 9.17) is 0 Å². The van der Waals surface area contributed by atoms with Crippen molar-refractivity contribution < 1.29 is 4.79 Å². The van der Waals surface area contributed by atoms with Crippen LogP contribution in [0, 0.1) is 12.8 Å². The molecule has 2 N–H and O–H groups in total. The molecule has 0 aliphatic carbocycles. The van der Waals surface area contributed by atoms with Crippen LogP contribution in [-0.2, 0) is 0 Å². The highest BCUT2D eigenvalue weighted by atomic mass is 16.1. The Balaban J connectivity index is 2.71. The molecule has 19 heavy (non-hydrogen) atoms. The molecule has 0 aliphatic rings. The van der Waals surface area contributed by atoms with E-state index in [2.05, 4.69) is 38.3 Å². The van der Waals surface area contributed by atoms with Crippen LogP contribution in [-0.4, -0.2) is 18.5 Å². The first-order chi connectivity index (χ1) is 8.93. The third-order valence-electron chi connectivity index (χ3n) is 3.05. The molecule has 0 aromatic heterocycles. The van der Waals surface area contributed by atoms with Gasteiger partial charge in [-0.25, -0.2) is 0 Å². The second-order valence-electron chi connectivity index (χ2n) is 5.56. The molecule has 0 fully saturated rings. The minimum atomic E-state index is 0.0219. The molecule has 1 aromatic rings. The molecule has 3 nitrogen and oxygen atoms in total. The average molecular weight is 262 g/mol. The lowest BCUT2D eigenvalue weighted by atomic mass is 10.0. The summed E-state index contributed by atoms with van der Waals surface area (Å²) in [5.41, 5.74) is 2.83. The molecule has 0 saturated carbocycles. The molecule has 0 spiro atoms. The molecule has 0 heterocycles. The van der Waals surface area contributed by atoms with Crippen LogP contribution in [0.4, 0.5) is 5.69 Å². The van der Waals surface area contributed by atoms with E-state index >= 15 is 0 Å². The molecule has 1 atom stereocenters. The Hall–Kier alpha value is -1.51. The van der Waals surface area contributed by atoms with Gasteiger partial charge in [0.15, 0.2) is 0 Å². The van der Waals surface area contributed by atoms with Crippen molar-refractivity contribution in [2.24, 2.45) is 5.92 Å². The molecule has 1 rings (SSSR count). The van der Waals surface area contributed by atoms with E-state index in [1.807, 2.05) is 25.1 Å². The van der Waals surface area contributed by atoms with Gasteiger partial charge in [-0.2, -0.15) is 0 Å². The highest BCUT2D eigenvalue weighted by Crippen LogP contribution is 2.15. The molecule has 0 aliphatic heterocycles. The fourth-order valence-corrected chi connectivity index (χ4v) is 2.30. The number of nitrogens with one attached hydrogen (secondary N) is 2. The summed E-state index contributed by atoms with van der Waals surface area (Å²) in [6, 6.07) is 6.08. The van der Waals surface area contributed by atoms with Gasteiger partial charge < -0.3 is 10.6 Å². The molecule has 0 saturated heterocycles. The molecule has 1 amide bonds. The smallest absolute Gasteiger partial charge is 0.251 e. The Morgan fingerprint density at radius 1 is 1.26 bits per heavy atom. The number of rotatable bonds is 6. The lowest BCUT2D eigenvalue weighted by Gasteiger charge is -2.17. The summed E-state index contributed by atoms with van der Waals surface area (Å²) in [4.78, 5) is 12.2. The first-order valence-electron chi connectivity index (χ1n) is 7.09. The fraction of sp³-hybridized carbons (Fsp3) is 0.562. The maximum atomic E-state index is 12.2. The van der Waals surface area contributed by atoms with Gasteiger partial charge in [-0.1, -0.05) is 13.8 Å². The standard InChI is InChI=1S/C16H26N2O/c1-6-17-14-7-8-15(12(4)10-14)16(19)18-13(5)9-11(2)3/h7-8,10-11,13,17H,6,9H2,1-5H3,(H,18,19). The SMILES string of the molecule is CCNc1ccc(C(=O)NC(C)CC(C)C)c(C)c1. The Morgan fingerprint density at radius 3 is 2.47 bits per heavy atom. The zero-order valence-corrected chi connectivity index (χ0v) is 12.7. The second kappa shape index (κ2) is 7.17. The van der Waals surface area contributed by atoms with Gasteiger partial charge in [-0.05, 0) is 56.9 Å². The summed E-state index contributed by atoms with van der Waals surface area (Å²) in [6.45, 7) is 11.3. The predicted molar refractivity (Wildman–Crippen MR) is 81.7 cm³/mol. The molecule has 0 bridgehead atoms. The summed E-state index contributed by atoms with van der Waals surface area (Å²) >= 11 is 0. The normalized spacial score (nSPS) is 12.3. The number of aryl methyl sites for hydroxylation is 1. The summed E-state index contributed by atoms with van der Waals surface area (Å²) < 4.78 is 0. The molecule has 1 unspecified atom stereocenters. The number of hydrogen-bond donors (Lipinski definition) is 2. The number of benzene rings is 1. The van der Waals surface area contributed by atoms with E-state index in [9.17, 15) is 4.79 Å². The van der Waals surface area contributed by atoms with Gasteiger partial charge in [0.05, 0.1) is 0 Å². The third kappa shape index (κ3) is 4.93. The molecule has 3 heteroatoms. The summed E-state index contributed by atoms with van der Waals surface area (Å²) in [5, 5.41) is 6.31. The molecular formula is C16H26N2O. The van der Waals surface area contributed by atoms with Crippen molar-refractivity contribution in [3.05, 3.63) is 29.3 Å². The summed E-state index contributed by atoms with van der Waals surface area (Å²) in [7, 11) is 0. The van der Waals surface area contributed by atoms with E-state index in [-0.39, 0.29) is 11.9 Å². The summed E-state index contributed by atoms with van der Waals surface area (Å²) in [6.07, 6.45) is 1.00. The first kappa shape index (κ1) is 15.5. The number of anilines is 1. The van der Waals surface area contributed by atoms with Crippen molar-refractivity contribution in [1.82, 2.24) is 5.32 Å². The minimum absolute atomic E-state index is 0.0219. The van der Waals surface area contributed by atoms with E-state index in [0.717, 1.165) is 29.8 Å². The zero-order valence-electron chi connectivity index (χ0n) is 12.7. The number of carbonyl (C=O) groups is 1. The number of hydrogen-bond acceptors (Lipinski definition) is 2. The van der Waals surface area contributed by atoms with Crippen LogP contribution in [0.5, 0.6) is 0 Å². The van der Waals surface area contributed by atoms with E-state index in [1.54, 1.807) is 0 Å². The van der Waals surface area contributed by atoms with Gasteiger partial charge in [0.2, 0.25) is 0 Å². The van der Waals surface area contributed by atoms with Crippen LogP contribution >= 0.6 is 0 Å². The topological polar surface area (TPSA) is 41.1 Å². The zero-order chi connectivity index (χ0) is 14.4. The molecular weight excluding hydrogens is 236 g/mol. The monoisotopic (exact) mass is 262 g/mol. The first-order valence-corrected chi connectivity index (χ1v) is 7.09. The van der Waals surface area contributed by atoms with Gasteiger partial charge >= 0.3 is 0 Å². The lowest BCUT2D eigenvalue weighted by molar-refractivity contribution is 0.0935. The van der Waals surface area contributed by atoms with Crippen molar-refractivity contribution in [1.29, 1.82) is 0 Å². The maximum absolute atomic E-state index is 12.2. The van der Waals surface area contributed by atoms with Gasteiger partial charge in [0.25, 0.3) is 5.91 Å². The van der Waals surface area contributed by atoms with Crippen molar-refractivity contribution in [3.63, 3.8) is 0 Å². The maximum Gasteiger partial charge on any atom is 0.251 e. The highest BCUT2D eigenvalue weighted by molar-refractivity contribution is 5.96. The van der Waals surface area contributed by atoms with E-state index in [1.165, 1.54) is 0 Å². The quantitative estimate of drug-likeness (QED) is 0.822. The van der Waals surface area contributed by atoms with E-state index in [0.29, 0.717) is 5.92 Å². The largest absolute Gasteiger partial charge is 0.385 e. The van der Waals surface area contributed by atoms with Crippen LogP contribution in [0.25, 0.3) is 0 Å². The van der Waals surface area contributed by atoms with Crippen LogP contribution < -0.4 is 10.6 Å². The van der Waals surface area contributed by atoms with Gasteiger partial charge in [-0.3, -0.25) is 4.79 Å². The third-order valence-corrected chi connectivity index (χ3v) is 3.05. The van der Waals surface area contributed by atoms with Crippen LogP contribution in [0.2, 0.25) is 0 Å². The van der Waals surface area contributed by atoms with Crippen molar-refractivity contribution in [3.8, 4) is 0 Å². The van der Waals surface area contributed by atoms with Crippen molar-refractivity contribution in [2.45, 2.75) is 47.1 Å². The van der Waals surface area contributed by atoms with Crippen LogP contribution in [0.15, 0.2) is 18.2 Å². The average Bonchev–Trinajstić information content (AvgIpc) is 2.27. The molecule has 0 radical (unpaired) electrons. The lowest BCUT2D eigenvalue weighted by Crippen LogP contribution is -2.33. The Bertz CT molecular complexity index is 427. The highest BCUT2D eigenvalue weighted by Gasteiger charge is 2.13. The number of carbonyl (C=O) groups excluding carboxylic acids is 1. The Labute approximate surface area is 116 Å². The Kier molecular flexibility index (Phi) is 5.87. The van der Waals surface area contributed by atoms with Gasteiger partial charge in [-0.15, -0.1) is 0 Å². The molecule has 106 valence electrons. The van der Waals surface area contributed by atoms with Crippen LogP contribution in [0.3, 0.4) is 0 Å². The van der Waals surface area contributed by atoms with Gasteiger partial charge in [0.1, 0.15) is 0 Å². The molecule has 1 aromatic carbocycles. The number of amides is 1. The van der Waals surface area contributed by atoms with Gasteiger partial charge in [0, 0.05) is 23.8 Å². The second-order valence-corrected chi connectivity index (χ2v) is 5.56. The van der Waals surface area contributed by atoms with E-state index < -0.39 is 0 Å². The van der Waals surface area contributed by atoms with Crippen LogP contribution in [0.1, 0.15) is 50.0 Å². The summed E-state index contributed by atoms with van der Waals surface area (Å²) in [5.74, 6) is 0.612. The predicted octanol–water partition coefficient (Wildman–Crippen LogP) is 3.59. The van der Waals surface area contributed by atoms with Crippen molar-refractivity contribution >= 4 is 11.6 Å². The fourth-order valence-electron chi connectivity index (χ4n) is 2.30. The van der Waals surface area contributed by atoms with Crippen molar-refractivity contribution in [2.75, 3.05) is 11.9 Å².